The van der Waals surface area contributed by atoms with Gasteiger partial charge in [-0.3, -0.25) is 0 Å². The van der Waals surface area contributed by atoms with Crippen LogP contribution >= 0.6 is 23.1 Å². The van der Waals surface area contributed by atoms with Crippen LogP contribution in [0.25, 0.3) is 16.3 Å². The van der Waals surface area contributed by atoms with E-state index in [1.807, 2.05) is 34.2 Å². The first kappa shape index (κ1) is 11.7. The highest BCUT2D eigenvalue weighted by molar-refractivity contribution is 7.99. The van der Waals surface area contributed by atoms with Gasteiger partial charge in [0, 0.05) is 5.25 Å². The molecule has 0 saturated heterocycles. The maximum Gasteiger partial charge on any atom is 0.195 e. The molecule has 6 heteroatoms. The normalized spacial score (nSPS) is 11.5. The summed E-state index contributed by atoms with van der Waals surface area (Å²) in [6.07, 6.45) is 0. The van der Waals surface area contributed by atoms with E-state index in [0.29, 0.717) is 5.25 Å². The summed E-state index contributed by atoms with van der Waals surface area (Å²) in [5.41, 5.74) is 0.784. The van der Waals surface area contributed by atoms with Crippen molar-refractivity contribution in [2.75, 3.05) is 0 Å². The minimum atomic E-state index is 0.511. The first-order valence-electron chi connectivity index (χ1n) is 5.67. The van der Waals surface area contributed by atoms with Crippen LogP contribution < -0.4 is 0 Å². The Labute approximate surface area is 113 Å². The first-order chi connectivity index (χ1) is 8.74. The minimum absolute atomic E-state index is 0.511. The van der Waals surface area contributed by atoms with Crippen molar-refractivity contribution in [3.63, 3.8) is 0 Å². The zero-order chi connectivity index (χ0) is 12.5. The number of hydrogen-bond donors (Lipinski definition) is 0. The maximum absolute atomic E-state index is 4.59. The Morgan fingerprint density at radius 3 is 2.83 bits per heavy atom. The lowest BCUT2D eigenvalue weighted by atomic mass is 10.4. The van der Waals surface area contributed by atoms with E-state index in [1.54, 1.807) is 23.1 Å². The Balaban J connectivity index is 2.11. The quantitative estimate of drug-likeness (QED) is 0.688. The molecule has 3 aromatic heterocycles. The molecule has 3 heterocycles. The number of aromatic nitrogens is 4. The fourth-order valence-electron chi connectivity index (χ4n) is 1.64. The molecule has 0 unspecified atom stereocenters. The van der Waals surface area contributed by atoms with E-state index >= 15 is 0 Å². The second-order valence-corrected chi connectivity index (χ2v) is 6.65. The van der Waals surface area contributed by atoms with Gasteiger partial charge in [-0.05, 0) is 23.6 Å². The van der Waals surface area contributed by atoms with Gasteiger partial charge >= 0.3 is 0 Å². The molecule has 0 radical (unpaired) electrons. The fraction of sp³-hybridized carbons (Fsp3) is 0.250. The Hall–Kier alpha value is -1.40. The summed E-state index contributed by atoms with van der Waals surface area (Å²) in [6.45, 7) is 4.31. The molecule has 0 aliphatic heterocycles. The number of thioether (sulfide) groups is 1. The SMILES string of the molecule is CC(C)Sc1ccc2nnc(-c3cccs3)n2n1. The van der Waals surface area contributed by atoms with Gasteiger partial charge in [0.25, 0.3) is 0 Å². The summed E-state index contributed by atoms with van der Waals surface area (Å²) in [5.74, 6) is 0.811. The smallest absolute Gasteiger partial charge is 0.191 e. The molecule has 0 spiro atoms. The summed E-state index contributed by atoms with van der Waals surface area (Å²) in [7, 11) is 0. The molecule has 3 rings (SSSR count). The lowest BCUT2D eigenvalue weighted by Crippen LogP contribution is -1.97. The molecule has 0 atom stereocenters. The molecule has 0 aliphatic carbocycles. The Kier molecular flexibility index (Phi) is 3.05. The number of thiophene rings is 1. The van der Waals surface area contributed by atoms with Gasteiger partial charge in [0.1, 0.15) is 5.03 Å². The summed E-state index contributed by atoms with van der Waals surface area (Å²) >= 11 is 3.38. The van der Waals surface area contributed by atoms with Crippen LogP contribution in [-0.4, -0.2) is 25.1 Å². The highest BCUT2D eigenvalue weighted by atomic mass is 32.2. The van der Waals surface area contributed by atoms with E-state index in [9.17, 15) is 0 Å². The van der Waals surface area contributed by atoms with E-state index in [0.717, 1.165) is 21.4 Å². The van der Waals surface area contributed by atoms with Crippen molar-refractivity contribution in [1.82, 2.24) is 19.8 Å². The molecule has 0 fully saturated rings. The monoisotopic (exact) mass is 276 g/mol. The molecule has 0 aromatic carbocycles. The van der Waals surface area contributed by atoms with E-state index in [2.05, 4.69) is 29.1 Å². The predicted molar refractivity (Wildman–Crippen MR) is 75.1 cm³/mol. The third kappa shape index (κ3) is 2.13. The predicted octanol–water partition coefficient (Wildman–Crippen LogP) is 3.35. The topological polar surface area (TPSA) is 43.1 Å². The maximum atomic E-state index is 4.59. The zero-order valence-corrected chi connectivity index (χ0v) is 11.7. The van der Waals surface area contributed by atoms with Crippen molar-refractivity contribution in [3.8, 4) is 10.7 Å². The van der Waals surface area contributed by atoms with Gasteiger partial charge in [0.15, 0.2) is 11.5 Å². The van der Waals surface area contributed by atoms with Crippen LogP contribution in [0.1, 0.15) is 13.8 Å². The van der Waals surface area contributed by atoms with Gasteiger partial charge in [-0.1, -0.05) is 19.9 Å². The lowest BCUT2D eigenvalue weighted by Gasteiger charge is -2.04. The van der Waals surface area contributed by atoms with Crippen LogP contribution in [-0.2, 0) is 0 Å². The third-order valence-electron chi connectivity index (χ3n) is 2.34. The Morgan fingerprint density at radius 2 is 2.11 bits per heavy atom. The molecule has 92 valence electrons. The highest BCUT2D eigenvalue weighted by Crippen LogP contribution is 2.25. The highest BCUT2D eigenvalue weighted by Gasteiger charge is 2.11. The summed E-state index contributed by atoms with van der Waals surface area (Å²) in [6, 6.07) is 7.99. The molecular formula is C12H12N4S2. The standard InChI is InChI=1S/C12H12N4S2/c1-8(2)18-11-6-5-10-13-14-12(16(10)15-11)9-4-3-7-17-9/h3-8H,1-2H3. The van der Waals surface area contributed by atoms with Gasteiger partial charge in [0.05, 0.1) is 4.88 Å². The van der Waals surface area contributed by atoms with Crippen LogP contribution in [0.2, 0.25) is 0 Å². The van der Waals surface area contributed by atoms with Crippen molar-refractivity contribution >= 4 is 28.7 Å². The summed E-state index contributed by atoms with van der Waals surface area (Å²) < 4.78 is 1.82. The van der Waals surface area contributed by atoms with Crippen molar-refractivity contribution in [2.24, 2.45) is 0 Å². The molecular weight excluding hydrogens is 264 g/mol. The average Bonchev–Trinajstić information content (AvgIpc) is 2.94. The van der Waals surface area contributed by atoms with Crippen molar-refractivity contribution in [2.45, 2.75) is 24.1 Å². The summed E-state index contributed by atoms with van der Waals surface area (Å²) in [4.78, 5) is 1.08. The van der Waals surface area contributed by atoms with Crippen LogP contribution in [0.15, 0.2) is 34.7 Å². The average molecular weight is 276 g/mol. The largest absolute Gasteiger partial charge is 0.195 e. The van der Waals surface area contributed by atoms with Crippen molar-refractivity contribution in [3.05, 3.63) is 29.6 Å². The summed E-state index contributed by atoms with van der Waals surface area (Å²) in [5, 5.41) is 16.5. The van der Waals surface area contributed by atoms with Gasteiger partial charge in [0.2, 0.25) is 0 Å². The van der Waals surface area contributed by atoms with Gasteiger partial charge < -0.3 is 0 Å². The van der Waals surface area contributed by atoms with E-state index in [1.165, 1.54) is 0 Å². The van der Waals surface area contributed by atoms with Crippen LogP contribution in [0.5, 0.6) is 0 Å². The second-order valence-electron chi connectivity index (χ2n) is 4.11. The lowest BCUT2D eigenvalue weighted by molar-refractivity contribution is 0.859. The minimum Gasteiger partial charge on any atom is -0.191 e. The molecule has 0 N–H and O–H groups in total. The van der Waals surface area contributed by atoms with Crippen LogP contribution in [0.3, 0.4) is 0 Å². The van der Waals surface area contributed by atoms with Crippen molar-refractivity contribution in [1.29, 1.82) is 0 Å². The Morgan fingerprint density at radius 1 is 1.22 bits per heavy atom. The number of hydrogen-bond acceptors (Lipinski definition) is 5. The fourth-order valence-corrected chi connectivity index (χ4v) is 3.09. The molecule has 3 aromatic rings. The van der Waals surface area contributed by atoms with Crippen molar-refractivity contribution < 1.29 is 0 Å². The molecule has 0 amide bonds. The number of nitrogens with zero attached hydrogens (tertiary/aromatic N) is 4. The molecule has 0 bridgehead atoms. The van der Waals surface area contributed by atoms with E-state index < -0.39 is 0 Å². The second kappa shape index (κ2) is 4.70. The molecule has 4 nitrogen and oxygen atoms in total. The zero-order valence-electron chi connectivity index (χ0n) is 10.1. The molecule has 18 heavy (non-hydrogen) atoms. The van der Waals surface area contributed by atoms with Gasteiger partial charge in [-0.25, -0.2) is 0 Å². The molecule has 0 saturated carbocycles. The number of rotatable bonds is 3. The van der Waals surface area contributed by atoms with Crippen LogP contribution in [0, 0.1) is 0 Å². The van der Waals surface area contributed by atoms with E-state index in [-0.39, 0.29) is 0 Å². The van der Waals surface area contributed by atoms with Crippen LogP contribution in [0.4, 0.5) is 0 Å². The molecule has 0 aliphatic rings. The van der Waals surface area contributed by atoms with E-state index in [4.69, 9.17) is 0 Å². The number of fused-ring (bicyclic) bond motifs is 1. The van der Waals surface area contributed by atoms with Gasteiger partial charge in [-0.15, -0.1) is 33.3 Å². The third-order valence-corrected chi connectivity index (χ3v) is 4.13. The first-order valence-corrected chi connectivity index (χ1v) is 7.43. The van der Waals surface area contributed by atoms with Gasteiger partial charge in [-0.2, -0.15) is 9.61 Å². The Bertz CT molecular complexity index is 658.